The minimum Gasteiger partial charge on any atom is -0.462 e. The van der Waals surface area contributed by atoms with Crippen LogP contribution in [0.2, 0.25) is 0 Å². The van der Waals surface area contributed by atoms with Crippen molar-refractivity contribution >= 4 is 17.9 Å². The van der Waals surface area contributed by atoms with Crippen LogP contribution in [0.5, 0.6) is 0 Å². The van der Waals surface area contributed by atoms with Gasteiger partial charge in [0.25, 0.3) is 0 Å². The van der Waals surface area contributed by atoms with Crippen LogP contribution in [0.1, 0.15) is 374 Å². The van der Waals surface area contributed by atoms with Crippen LogP contribution in [0.15, 0.2) is 12.2 Å². The van der Waals surface area contributed by atoms with E-state index in [0.717, 1.165) is 64.2 Å². The third kappa shape index (κ3) is 59.0. The summed E-state index contributed by atoms with van der Waals surface area (Å²) < 4.78 is 17.0. The van der Waals surface area contributed by atoms with Crippen LogP contribution in [0.3, 0.4) is 0 Å². The molecule has 6 heteroatoms. The summed E-state index contributed by atoms with van der Waals surface area (Å²) in [4.78, 5) is 38.3. The summed E-state index contributed by atoms with van der Waals surface area (Å²) in [5.41, 5.74) is 0. The van der Waals surface area contributed by atoms with E-state index in [1.165, 1.54) is 270 Å². The van der Waals surface area contributed by atoms with Crippen molar-refractivity contribution in [3.63, 3.8) is 0 Å². The zero-order valence-corrected chi connectivity index (χ0v) is 49.0. The molecule has 0 aromatic carbocycles. The highest BCUT2D eigenvalue weighted by Crippen LogP contribution is 2.18. The fourth-order valence-corrected chi connectivity index (χ4v) is 10.1. The summed E-state index contributed by atoms with van der Waals surface area (Å²) in [5.74, 6) is -0.843. The van der Waals surface area contributed by atoms with Crippen LogP contribution in [-0.4, -0.2) is 37.2 Å². The Kier molecular flexibility index (Phi) is 60.1. The van der Waals surface area contributed by atoms with E-state index in [1.54, 1.807) is 0 Å². The maximum Gasteiger partial charge on any atom is 0.306 e. The number of allylic oxidation sites excluding steroid dienone is 2. The molecule has 0 aliphatic carbocycles. The van der Waals surface area contributed by atoms with Crippen molar-refractivity contribution in [1.82, 2.24) is 0 Å². The molecule has 0 aromatic heterocycles. The second kappa shape index (κ2) is 61.7. The summed E-state index contributed by atoms with van der Waals surface area (Å²) in [6, 6.07) is 0. The number of unbranched alkanes of at least 4 members (excludes halogenated alkanes) is 48. The van der Waals surface area contributed by atoms with Crippen LogP contribution >= 0.6 is 0 Å². The lowest BCUT2D eigenvalue weighted by molar-refractivity contribution is -0.167. The summed E-state index contributed by atoms with van der Waals surface area (Å²) >= 11 is 0. The molecule has 1 atom stereocenters. The van der Waals surface area contributed by atoms with E-state index in [0.29, 0.717) is 19.3 Å². The molecule has 0 heterocycles. The van der Waals surface area contributed by atoms with Gasteiger partial charge in [-0.25, -0.2) is 0 Å². The van der Waals surface area contributed by atoms with Gasteiger partial charge in [-0.2, -0.15) is 0 Å². The maximum atomic E-state index is 12.9. The third-order valence-electron chi connectivity index (χ3n) is 15.0. The molecule has 0 saturated carbocycles. The fourth-order valence-electron chi connectivity index (χ4n) is 10.1. The quantitative estimate of drug-likeness (QED) is 0.0261. The van der Waals surface area contributed by atoms with Gasteiger partial charge < -0.3 is 14.2 Å². The first kappa shape index (κ1) is 70.1. The Bertz CT molecular complexity index is 1120. The number of carbonyl (C=O) groups excluding carboxylic acids is 3. The summed E-state index contributed by atoms with van der Waals surface area (Å²) in [6.07, 6.45) is 72.2. The van der Waals surface area contributed by atoms with Gasteiger partial charge in [0.05, 0.1) is 0 Å². The smallest absolute Gasteiger partial charge is 0.306 e. The maximum absolute atomic E-state index is 12.9. The minimum absolute atomic E-state index is 0.0659. The number of hydrogen-bond donors (Lipinski definition) is 0. The molecule has 0 saturated heterocycles. The van der Waals surface area contributed by atoms with Gasteiger partial charge in [-0.15, -0.1) is 0 Å². The molecular formula is C66H126O6. The molecule has 72 heavy (non-hydrogen) atoms. The Hall–Kier alpha value is -1.85. The molecule has 0 radical (unpaired) electrons. The van der Waals surface area contributed by atoms with Crippen LogP contribution in [0, 0.1) is 0 Å². The summed E-state index contributed by atoms with van der Waals surface area (Å²) in [5, 5.41) is 0. The van der Waals surface area contributed by atoms with E-state index in [1.807, 2.05) is 0 Å². The monoisotopic (exact) mass is 1010 g/mol. The van der Waals surface area contributed by atoms with Crippen molar-refractivity contribution in [2.75, 3.05) is 13.2 Å². The number of rotatable bonds is 61. The number of carbonyl (C=O) groups is 3. The lowest BCUT2D eigenvalue weighted by Crippen LogP contribution is -2.30. The summed E-state index contributed by atoms with van der Waals surface area (Å²) in [6.45, 7) is 6.71. The molecule has 1 unspecified atom stereocenters. The molecule has 0 N–H and O–H groups in total. The zero-order valence-electron chi connectivity index (χ0n) is 49.0. The normalized spacial score (nSPS) is 12.0. The predicted molar refractivity (Wildman–Crippen MR) is 312 cm³/mol. The van der Waals surface area contributed by atoms with Crippen molar-refractivity contribution in [3.05, 3.63) is 12.2 Å². The SMILES string of the molecule is CCCCCCC/C=C\CCCCCCCC(=O)OCC(COC(=O)CCCCCCCCCCCCCCCCCCCCCCCC)OC(=O)CCCCCCCCCCCCCCCCCCCC. The van der Waals surface area contributed by atoms with Gasteiger partial charge in [-0.3, -0.25) is 14.4 Å². The van der Waals surface area contributed by atoms with Crippen molar-refractivity contribution < 1.29 is 28.6 Å². The number of esters is 3. The highest BCUT2D eigenvalue weighted by molar-refractivity contribution is 5.71. The molecule has 6 nitrogen and oxygen atoms in total. The Morgan fingerprint density at radius 3 is 0.694 bits per heavy atom. The van der Waals surface area contributed by atoms with Gasteiger partial charge in [0.15, 0.2) is 6.10 Å². The van der Waals surface area contributed by atoms with E-state index < -0.39 is 6.10 Å². The lowest BCUT2D eigenvalue weighted by atomic mass is 10.0. The van der Waals surface area contributed by atoms with Crippen LogP contribution in [-0.2, 0) is 28.6 Å². The second-order valence-corrected chi connectivity index (χ2v) is 22.4. The van der Waals surface area contributed by atoms with Gasteiger partial charge in [-0.05, 0) is 44.9 Å². The highest BCUT2D eigenvalue weighted by atomic mass is 16.6. The largest absolute Gasteiger partial charge is 0.462 e. The van der Waals surface area contributed by atoms with E-state index in [9.17, 15) is 14.4 Å². The van der Waals surface area contributed by atoms with E-state index in [-0.39, 0.29) is 31.1 Å². The first-order valence-corrected chi connectivity index (χ1v) is 32.7. The van der Waals surface area contributed by atoms with Gasteiger partial charge in [-0.1, -0.05) is 322 Å². The highest BCUT2D eigenvalue weighted by Gasteiger charge is 2.19. The fraction of sp³-hybridized carbons (Fsp3) is 0.924. The van der Waals surface area contributed by atoms with Crippen LogP contribution < -0.4 is 0 Å². The standard InChI is InChI=1S/C66H126O6/c1-4-7-10-13-16-19-22-25-28-30-32-33-34-35-37-38-41-44-47-50-53-56-59-65(68)71-62-63(61-70-64(67)58-55-52-49-46-43-40-27-24-21-18-15-12-9-6-3)72-66(69)60-57-54-51-48-45-42-39-36-31-29-26-23-20-17-14-11-8-5-2/h24,27,63H,4-23,25-26,28-62H2,1-3H3/b27-24-. The summed E-state index contributed by atoms with van der Waals surface area (Å²) in [7, 11) is 0. The Labute approximate surface area is 450 Å². The van der Waals surface area contributed by atoms with Crippen molar-refractivity contribution in [3.8, 4) is 0 Å². The van der Waals surface area contributed by atoms with E-state index in [2.05, 4.69) is 32.9 Å². The van der Waals surface area contributed by atoms with Crippen molar-refractivity contribution in [2.24, 2.45) is 0 Å². The zero-order chi connectivity index (χ0) is 52.2. The van der Waals surface area contributed by atoms with Crippen molar-refractivity contribution in [2.45, 2.75) is 380 Å². The Balaban J connectivity index is 4.26. The molecule has 0 spiro atoms. The van der Waals surface area contributed by atoms with Crippen LogP contribution in [0.25, 0.3) is 0 Å². The molecule has 0 aromatic rings. The predicted octanol–water partition coefficient (Wildman–Crippen LogP) is 22.1. The minimum atomic E-state index is -0.769. The lowest BCUT2D eigenvalue weighted by Gasteiger charge is -2.18. The van der Waals surface area contributed by atoms with Crippen LogP contribution in [0.4, 0.5) is 0 Å². The average molecular weight is 1020 g/mol. The molecule has 0 rings (SSSR count). The molecule has 0 aliphatic rings. The second-order valence-electron chi connectivity index (χ2n) is 22.4. The topological polar surface area (TPSA) is 78.9 Å². The van der Waals surface area contributed by atoms with Gasteiger partial charge in [0.2, 0.25) is 0 Å². The van der Waals surface area contributed by atoms with Gasteiger partial charge in [0, 0.05) is 19.3 Å². The van der Waals surface area contributed by atoms with E-state index >= 15 is 0 Å². The Morgan fingerprint density at radius 1 is 0.264 bits per heavy atom. The molecule has 0 bridgehead atoms. The molecule has 426 valence electrons. The van der Waals surface area contributed by atoms with E-state index in [4.69, 9.17) is 14.2 Å². The molecule has 0 amide bonds. The molecule has 0 fully saturated rings. The average Bonchev–Trinajstić information content (AvgIpc) is 3.38. The third-order valence-corrected chi connectivity index (χ3v) is 15.0. The van der Waals surface area contributed by atoms with Gasteiger partial charge in [0.1, 0.15) is 13.2 Å². The first-order valence-electron chi connectivity index (χ1n) is 32.7. The molecule has 0 aliphatic heterocycles. The Morgan fingerprint density at radius 2 is 0.458 bits per heavy atom. The van der Waals surface area contributed by atoms with Gasteiger partial charge >= 0.3 is 17.9 Å². The number of ether oxygens (including phenoxy) is 3. The van der Waals surface area contributed by atoms with Crippen molar-refractivity contribution in [1.29, 1.82) is 0 Å². The molecular weight excluding hydrogens is 889 g/mol. The first-order chi connectivity index (χ1) is 35.5. The number of hydrogen-bond acceptors (Lipinski definition) is 6.